The molecule has 3 N–H and O–H groups in total. The Labute approximate surface area is 115 Å². The summed E-state index contributed by atoms with van der Waals surface area (Å²) in [5.41, 5.74) is 1.83. The topological polar surface area (TPSA) is 104 Å². The summed E-state index contributed by atoms with van der Waals surface area (Å²) in [6, 6.07) is 5.95. The van der Waals surface area contributed by atoms with Crippen molar-refractivity contribution in [3.63, 3.8) is 0 Å². The summed E-state index contributed by atoms with van der Waals surface area (Å²) in [6.07, 6.45) is 2.04. The largest absolute Gasteiger partial charge is 0.481 e. The lowest BCUT2D eigenvalue weighted by atomic mass is 10.1. The van der Waals surface area contributed by atoms with E-state index in [1.807, 2.05) is 25.1 Å². The zero-order chi connectivity index (χ0) is 15.1. The monoisotopic (exact) mass is 277 g/mol. The first-order valence-corrected chi connectivity index (χ1v) is 5.88. The minimum absolute atomic E-state index is 0.653. The second-order valence-corrected chi connectivity index (χ2v) is 4.24. The number of nitrogens with one attached hydrogen (secondary N) is 1. The van der Waals surface area contributed by atoms with Gasteiger partial charge in [0.1, 0.15) is 6.04 Å². The van der Waals surface area contributed by atoms with E-state index < -0.39 is 30.3 Å². The maximum Gasteiger partial charge on any atom is 0.326 e. The fourth-order valence-electron chi connectivity index (χ4n) is 1.54. The number of carboxylic acids is 2. The van der Waals surface area contributed by atoms with Crippen molar-refractivity contribution >= 4 is 23.9 Å². The number of hydrogen-bond acceptors (Lipinski definition) is 3. The summed E-state index contributed by atoms with van der Waals surface area (Å²) in [4.78, 5) is 32.8. The van der Waals surface area contributed by atoms with Gasteiger partial charge in [0.05, 0.1) is 6.42 Å². The van der Waals surface area contributed by atoms with E-state index in [0.29, 0.717) is 0 Å². The molecule has 1 amide bonds. The van der Waals surface area contributed by atoms with Crippen LogP contribution in [0.25, 0.3) is 6.08 Å². The molecular formula is C14H15NO5. The fraction of sp³-hybridized carbons (Fsp3) is 0.214. The molecule has 0 aliphatic rings. The van der Waals surface area contributed by atoms with E-state index >= 15 is 0 Å². The minimum atomic E-state index is -1.44. The minimum Gasteiger partial charge on any atom is -0.481 e. The number of rotatable bonds is 6. The molecule has 6 heteroatoms. The molecule has 1 atom stereocenters. The van der Waals surface area contributed by atoms with Crippen LogP contribution >= 0.6 is 0 Å². The quantitative estimate of drug-likeness (QED) is 0.674. The van der Waals surface area contributed by atoms with Crippen LogP contribution in [0.3, 0.4) is 0 Å². The van der Waals surface area contributed by atoms with E-state index in [9.17, 15) is 14.4 Å². The summed E-state index contributed by atoms with van der Waals surface area (Å²) in [5.74, 6) is -3.33. The van der Waals surface area contributed by atoms with Crippen molar-refractivity contribution in [2.75, 3.05) is 0 Å². The summed E-state index contributed by atoms with van der Waals surface area (Å²) >= 11 is 0. The molecule has 0 fully saturated rings. The lowest BCUT2D eigenvalue weighted by Gasteiger charge is -2.10. The van der Waals surface area contributed by atoms with Gasteiger partial charge in [0.2, 0.25) is 5.91 Å². The third-order valence-corrected chi connectivity index (χ3v) is 2.46. The summed E-state index contributed by atoms with van der Waals surface area (Å²) in [7, 11) is 0. The van der Waals surface area contributed by atoms with Crippen LogP contribution in [-0.4, -0.2) is 34.1 Å². The van der Waals surface area contributed by atoms with Crippen LogP contribution in [0.5, 0.6) is 0 Å². The molecule has 0 saturated heterocycles. The van der Waals surface area contributed by atoms with Crippen LogP contribution in [0.1, 0.15) is 17.5 Å². The van der Waals surface area contributed by atoms with Gasteiger partial charge in [-0.2, -0.15) is 0 Å². The van der Waals surface area contributed by atoms with Gasteiger partial charge in [0, 0.05) is 6.08 Å². The van der Waals surface area contributed by atoms with Gasteiger partial charge in [-0.25, -0.2) is 4.79 Å². The van der Waals surface area contributed by atoms with Crippen LogP contribution in [-0.2, 0) is 14.4 Å². The third kappa shape index (κ3) is 5.34. The zero-order valence-corrected chi connectivity index (χ0v) is 10.9. The Morgan fingerprint density at radius 2 is 2.00 bits per heavy atom. The molecule has 0 saturated carbocycles. The molecule has 0 spiro atoms. The van der Waals surface area contributed by atoms with Gasteiger partial charge in [0.25, 0.3) is 0 Å². The van der Waals surface area contributed by atoms with Crippen molar-refractivity contribution < 1.29 is 24.6 Å². The highest BCUT2D eigenvalue weighted by atomic mass is 16.4. The van der Waals surface area contributed by atoms with Crippen LogP contribution in [0, 0.1) is 6.92 Å². The number of amides is 1. The molecule has 1 aromatic rings. The van der Waals surface area contributed by atoms with E-state index in [1.165, 1.54) is 12.2 Å². The Morgan fingerprint density at radius 1 is 1.30 bits per heavy atom. The van der Waals surface area contributed by atoms with Crippen molar-refractivity contribution in [3.05, 3.63) is 41.5 Å². The Kier molecular flexibility index (Phi) is 5.46. The first-order chi connectivity index (χ1) is 9.38. The lowest BCUT2D eigenvalue weighted by Crippen LogP contribution is -2.41. The second kappa shape index (κ2) is 7.08. The Bertz CT molecular complexity index is 550. The van der Waals surface area contributed by atoms with E-state index in [1.54, 1.807) is 6.07 Å². The molecule has 1 aromatic carbocycles. The molecule has 106 valence electrons. The summed E-state index contributed by atoms with van der Waals surface area (Å²) < 4.78 is 0. The van der Waals surface area contributed by atoms with Crippen molar-refractivity contribution in [2.24, 2.45) is 0 Å². The highest BCUT2D eigenvalue weighted by Crippen LogP contribution is 2.05. The SMILES string of the molecule is Cc1cccc(/C=C/C(=O)NC(CC(=O)O)C(=O)O)c1. The normalized spacial score (nSPS) is 12.1. The van der Waals surface area contributed by atoms with E-state index in [-0.39, 0.29) is 0 Å². The molecule has 0 aliphatic carbocycles. The Morgan fingerprint density at radius 3 is 2.55 bits per heavy atom. The van der Waals surface area contributed by atoms with Gasteiger partial charge in [0.15, 0.2) is 0 Å². The second-order valence-electron chi connectivity index (χ2n) is 4.24. The molecule has 20 heavy (non-hydrogen) atoms. The first kappa shape index (κ1) is 15.4. The van der Waals surface area contributed by atoms with Gasteiger partial charge < -0.3 is 15.5 Å². The standard InChI is InChI=1S/C14H15NO5/c1-9-3-2-4-10(7-9)5-6-12(16)15-11(14(19)20)8-13(17)18/h2-7,11H,8H2,1H3,(H,15,16)(H,17,18)(H,19,20)/b6-5+. The number of carbonyl (C=O) groups excluding carboxylic acids is 1. The van der Waals surface area contributed by atoms with Crippen LogP contribution < -0.4 is 5.32 Å². The molecule has 0 bridgehead atoms. The van der Waals surface area contributed by atoms with Gasteiger partial charge in [-0.15, -0.1) is 0 Å². The fourth-order valence-corrected chi connectivity index (χ4v) is 1.54. The number of carbonyl (C=O) groups is 3. The van der Waals surface area contributed by atoms with Gasteiger partial charge in [-0.1, -0.05) is 29.8 Å². The van der Waals surface area contributed by atoms with Gasteiger partial charge in [-0.3, -0.25) is 9.59 Å². The number of hydrogen-bond donors (Lipinski definition) is 3. The Hall–Kier alpha value is -2.63. The molecule has 0 radical (unpaired) electrons. The lowest BCUT2D eigenvalue weighted by molar-refractivity contribution is -0.146. The van der Waals surface area contributed by atoms with Crippen molar-refractivity contribution in [2.45, 2.75) is 19.4 Å². The molecule has 1 rings (SSSR count). The van der Waals surface area contributed by atoms with Crippen LogP contribution in [0.2, 0.25) is 0 Å². The Balaban J connectivity index is 2.66. The van der Waals surface area contributed by atoms with E-state index in [4.69, 9.17) is 10.2 Å². The molecule has 1 unspecified atom stereocenters. The molecule has 0 aromatic heterocycles. The van der Waals surface area contributed by atoms with E-state index in [0.717, 1.165) is 11.1 Å². The van der Waals surface area contributed by atoms with Crippen LogP contribution in [0.15, 0.2) is 30.3 Å². The summed E-state index contributed by atoms with van der Waals surface area (Å²) in [6.45, 7) is 1.91. The average molecular weight is 277 g/mol. The molecule has 6 nitrogen and oxygen atoms in total. The maximum absolute atomic E-state index is 11.5. The highest BCUT2D eigenvalue weighted by molar-refractivity contribution is 5.95. The van der Waals surface area contributed by atoms with Crippen molar-refractivity contribution in [1.82, 2.24) is 5.32 Å². The highest BCUT2D eigenvalue weighted by Gasteiger charge is 2.21. The smallest absolute Gasteiger partial charge is 0.326 e. The van der Waals surface area contributed by atoms with Gasteiger partial charge in [-0.05, 0) is 18.6 Å². The zero-order valence-electron chi connectivity index (χ0n) is 10.9. The number of carboxylic acid groups (broad SMARTS) is 2. The van der Waals surface area contributed by atoms with Gasteiger partial charge >= 0.3 is 11.9 Å². The van der Waals surface area contributed by atoms with E-state index in [2.05, 4.69) is 5.32 Å². The van der Waals surface area contributed by atoms with Crippen LogP contribution in [0.4, 0.5) is 0 Å². The maximum atomic E-state index is 11.5. The summed E-state index contributed by atoms with van der Waals surface area (Å²) in [5, 5.41) is 19.5. The predicted octanol–water partition coefficient (Wildman–Crippen LogP) is 1.05. The predicted molar refractivity (Wildman–Crippen MR) is 72.0 cm³/mol. The molecular weight excluding hydrogens is 262 g/mol. The van der Waals surface area contributed by atoms with Crippen molar-refractivity contribution in [3.8, 4) is 0 Å². The first-order valence-electron chi connectivity index (χ1n) is 5.88. The number of aryl methyl sites for hydroxylation is 1. The molecule has 0 heterocycles. The van der Waals surface area contributed by atoms with Crippen molar-refractivity contribution in [1.29, 1.82) is 0 Å². The number of aliphatic carboxylic acids is 2. The number of benzene rings is 1. The average Bonchev–Trinajstić information content (AvgIpc) is 2.35. The molecule has 0 aliphatic heterocycles. The third-order valence-electron chi connectivity index (χ3n) is 2.46.